The molecule has 6 nitrogen and oxygen atoms in total. The molecule has 1 aromatic heterocycles. The van der Waals surface area contributed by atoms with Crippen molar-refractivity contribution in [1.82, 2.24) is 10.4 Å². The maximum absolute atomic E-state index is 12.8. The average Bonchev–Trinajstić information content (AvgIpc) is 2.81. The van der Waals surface area contributed by atoms with Crippen molar-refractivity contribution >= 4 is 57.8 Å². The van der Waals surface area contributed by atoms with Crippen LogP contribution in [0.3, 0.4) is 0 Å². The number of nitrogens with zero attached hydrogens (tertiary/aromatic N) is 2. The number of carbonyl (C=O) groups excluding carboxylic acids is 1. The maximum Gasteiger partial charge on any atom is 0.323 e. The largest absolute Gasteiger partial charge is 0.446 e. The van der Waals surface area contributed by atoms with Crippen molar-refractivity contribution in [2.75, 3.05) is 0 Å². The summed E-state index contributed by atoms with van der Waals surface area (Å²) < 4.78 is 11.4. The number of aromatic nitrogens is 1. The van der Waals surface area contributed by atoms with Crippen LogP contribution in [-0.4, -0.2) is 23.4 Å². The molecule has 1 N–H and O–H groups in total. The molecular weight excluding hydrogens is 485 g/mol. The van der Waals surface area contributed by atoms with Crippen LogP contribution in [-0.2, 0) is 4.79 Å². The standard InChI is InChI=1S/C24H16Cl3N3O3/c25-17-5-9-19(10-6-17)32-24(33-20-11-7-18(26)8-12-20)23(31)30-28-14-16-13-15-3-1-2-4-21(15)29-22(16)27/h1-14,24H,(H,30,31). The van der Waals surface area contributed by atoms with Crippen molar-refractivity contribution < 1.29 is 14.3 Å². The fourth-order valence-electron chi connectivity index (χ4n) is 2.82. The summed E-state index contributed by atoms with van der Waals surface area (Å²) in [4.78, 5) is 17.1. The van der Waals surface area contributed by atoms with E-state index in [0.29, 0.717) is 27.1 Å². The number of hydrogen-bond donors (Lipinski definition) is 1. The van der Waals surface area contributed by atoms with E-state index >= 15 is 0 Å². The number of hydrogen-bond acceptors (Lipinski definition) is 5. The molecular formula is C24H16Cl3N3O3. The summed E-state index contributed by atoms with van der Waals surface area (Å²) in [7, 11) is 0. The molecule has 1 heterocycles. The predicted molar refractivity (Wildman–Crippen MR) is 130 cm³/mol. The highest BCUT2D eigenvalue weighted by Crippen LogP contribution is 2.21. The molecule has 33 heavy (non-hydrogen) atoms. The van der Waals surface area contributed by atoms with E-state index in [1.54, 1.807) is 48.5 Å². The van der Waals surface area contributed by atoms with Gasteiger partial charge in [-0.1, -0.05) is 53.0 Å². The Morgan fingerprint density at radius 2 is 1.45 bits per heavy atom. The first-order valence-corrected chi connectivity index (χ1v) is 10.8. The molecule has 166 valence electrons. The summed E-state index contributed by atoms with van der Waals surface area (Å²) >= 11 is 18.1. The molecule has 0 saturated heterocycles. The van der Waals surface area contributed by atoms with Crippen LogP contribution in [0.1, 0.15) is 5.56 Å². The topological polar surface area (TPSA) is 72.8 Å². The second-order valence-electron chi connectivity index (χ2n) is 6.77. The number of para-hydroxylation sites is 1. The minimum absolute atomic E-state index is 0.262. The predicted octanol–water partition coefficient (Wildman–Crippen LogP) is 6.13. The van der Waals surface area contributed by atoms with Crippen LogP contribution < -0.4 is 14.9 Å². The van der Waals surface area contributed by atoms with E-state index in [4.69, 9.17) is 44.3 Å². The first kappa shape index (κ1) is 22.9. The number of nitrogens with one attached hydrogen (secondary N) is 1. The zero-order valence-electron chi connectivity index (χ0n) is 16.9. The lowest BCUT2D eigenvalue weighted by atomic mass is 10.2. The van der Waals surface area contributed by atoms with Crippen molar-refractivity contribution in [2.24, 2.45) is 5.10 Å². The van der Waals surface area contributed by atoms with Gasteiger partial charge in [-0.25, -0.2) is 10.4 Å². The molecule has 4 aromatic rings. The number of hydrazone groups is 1. The van der Waals surface area contributed by atoms with Crippen LogP contribution in [0, 0.1) is 0 Å². The number of amides is 1. The molecule has 0 atom stereocenters. The molecule has 4 rings (SSSR count). The molecule has 9 heteroatoms. The lowest BCUT2D eigenvalue weighted by molar-refractivity contribution is -0.140. The first-order chi connectivity index (χ1) is 16.0. The number of ether oxygens (including phenoxy) is 2. The third kappa shape index (κ3) is 6.14. The van der Waals surface area contributed by atoms with Gasteiger partial charge in [0.1, 0.15) is 16.7 Å². The number of benzene rings is 3. The lowest BCUT2D eigenvalue weighted by Crippen LogP contribution is -2.40. The highest BCUT2D eigenvalue weighted by atomic mass is 35.5. The zero-order chi connectivity index (χ0) is 23.2. The van der Waals surface area contributed by atoms with Crippen LogP contribution in [0.15, 0.2) is 84.0 Å². The quantitative estimate of drug-likeness (QED) is 0.143. The van der Waals surface area contributed by atoms with Gasteiger partial charge in [0.15, 0.2) is 0 Å². The average molecular weight is 501 g/mol. The Bertz CT molecular complexity index is 1250. The van der Waals surface area contributed by atoms with E-state index in [1.807, 2.05) is 30.3 Å². The van der Waals surface area contributed by atoms with Crippen LogP contribution >= 0.6 is 34.8 Å². The molecule has 0 aliphatic carbocycles. The molecule has 0 saturated carbocycles. The summed E-state index contributed by atoms with van der Waals surface area (Å²) in [5, 5.41) is 6.22. The normalized spacial score (nSPS) is 11.2. The molecule has 0 aliphatic rings. The maximum atomic E-state index is 12.8. The van der Waals surface area contributed by atoms with Gasteiger partial charge in [-0.3, -0.25) is 4.79 Å². The van der Waals surface area contributed by atoms with Crippen molar-refractivity contribution in [2.45, 2.75) is 6.29 Å². The molecule has 0 fully saturated rings. The molecule has 1 amide bonds. The van der Waals surface area contributed by atoms with Gasteiger partial charge < -0.3 is 9.47 Å². The van der Waals surface area contributed by atoms with Gasteiger partial charge in [0.05, 0.1) is 11.7 Å². The number of fused-ring (bicyclic) bond motifs is 1. The summed E-state index contributed by atoms with van der Waals surface area (Å²) in [6.07, 6.45) is 0.0658. The van der Waals surface area contributed by atoms with Crippen molar-refractivity contribution in [3.63, 3.8) is 0 Å². The number of pyridine rings is 1. The van der Waals surface area contributed by atoms with Gasteiger partial charge in [-0.15, -0.1) is 0 Å². The first-order valence-electron chi connectivity index (χ1n) is 9.70. The summed E-state index contributed by atoms with van der Waals surface area (Å²) in [5.74, 6) is 0.138. The van der Waals surface area contributed by atoms with E-state index in [1.165, 1.54) is 6.21 Å². The highest BCUT2D eigenvalue weighted by molar-refractivity contribution is 6.32. The number of carbonyl (C=O) groups is 1. The minimum Gasteiger partial charge on any atom is -0.446 e. The highest BCUT2D eigenvalue weighted by Gasteiger charge is 2.22. The molecule has 0 aliphatic heterocycles. The van der Waals surface area contributed by atoms with Gasteiger partial charge in [0.25, 0.3) is 0 Å². The van der Waals surface area contributed by atoms with Gasteiger partial charge in [-0.05, 0) is 60.7 Å². The van der Waals surface area contributed by atoms with Crippen molar-refractivity contribution in [3.05, 3.63) is 99.6 Å². The second-order valence-corrected chi connectivity index (χ2v) is 8.00. The molecule has 0 radical (unpaired) electrons. The van der Waals surface area contributed by atoms with E-state index < -0.39 is 12.2 Å². The summed E-state index contributed by atoms with van der Waals surface area (Å²) in [6.45, 7) is 0. The summed E-state index contributed by atoms with van der Waals surface area (Å²) in [5.41, 5.74) is 3.72. The third-order valence-electron chi connectivity index (χ3n) is 4.41. The SMILES string of the molecule is O=C(NN=Cc1cc2ccccc2nc1Cl)C(Oc1ccc(Cl)cc1)Oc1ccc(Cl)cc1. The van der Waals surface area contributed by atoms with Gasteiger partial charge in [0.2, 0.25) is 0 Å². The Labute approximate surface area is 204 Å². The fourth-order valence-corrected chi connectivity index (χ4v) is 3.27. The number of halogens is 3. The third-order valence-corrected chi connectivity index (χ3v) is 5.22. The molecule has 3 aromatic carbocycles. The lowest BCUT2D eigenvalue weighted by Gasteiger charge is -2.19. The fraction of sp³-hybridized carbons (Fsp3) is 0.0417. The van der Waals surface area contributed by atoms with Crippen LogP contribution in [0.4, 0.5) is 0 Å². The van der Waals surface area contributed by atoms with E-state index in [2.05, 4.69) is 15.5 Å². The minimum atomic E-state index is -1.34. The van der Waals surface area contributed by atoms with Gasteiger partial charge in [0, 0.05) is 21.0 Å². The van der Waals surface area contributed by atoms with Crippen LogP contribution in [0.2, 0.25) is 15.2 Å². The smallest absolute Gasteiger partial charge is 0.323 e. The Morgan fingerprint density at radius 3 is 2.06 bits per heavy atom. The van der Waals surface area contributed by atoms with Crippen LogP contribution in [0.5, 0.6) is 11.5 Å². The summed E-state index contributed by atoms with van der Waals surface area (Å²) in [6, 6.07) is 22.4. The molecule has 0 unspecified atom stereocenters. The molecule has 0 spiro atoms. The van der Waals surface area contributed by atoms with Crippen molar-refractivity contribution in [1.29, 1.82) is 0 Å². The Hall–Kier alpha value is -3.32. The van der Waals surface area contributed by atoms with E-state index in [0.717, 1.165) is 10.9 Å². The Morgan fingerprint density at radius 1 is 0.879 bits per heavy atom. The number of rotatable bonds is 7. The van der Waals surface area contributed by atoms with Gasteiger partial charge >= 0.3 is 12.2 Å². The monoisotopic (exact) mass is 499 g/mol. The van der Waals surface area contributed by atoms with Gasteiger partial charge in [-0.2, -0.15) is 5.10 Å². The Balaban J connectivity index is 1.50. The second kappa shape index (κ2) is 10.5. The Kier molecular flexibility index (Phi) is 7.29. The zero-order valence-corrected chi connectivity index (χ0v) is 19.2. The van der Waals surface area contributed by atoms with E-state index in [9.17, 15) is 4.79 Å². The van der Waals surface area contributed by atoms with Crippen molar-refractivity contribution in [3.8, 4) is 11.5 Å². The van der Waals surface area contributed by atoms with Crippen LogP contribution in [0.25, 0.3) is 10.9 Å². The molecule has 0 bridgehead atoms. The van der Waals surface area contributed by atoms with E-state index in [-0.39, 0.29) is 5.15 Å².